The molecule has 1 aliphatic rings. The summed E-state index contributed by atoms with van der Waals surface area (Å²) in [7, 11) is 0. The highest BCUT2D eigenvalue weighted by Gasteiger charge is 2.40. The highest BCUT2D eigenvalue weighted by molar-refractivity contribution is 8.04. The minimum absolute atomic E-state index is 0.0929. The van der Waals surface area contributed by atoms with Gasteiger partial charge < -0.3 is 4.74 Å². The molecule has 0 aromatic heterocycles. The van der Waals surface area contributed by atoms with Crippen LogP contribution in [0.5, 0.6) is 5.75 Å². The number of rotatable bonds is 7. The Morgan fingerprint density at radius 2 is 1.66 bits per heavy atom. The molecule has 4 rings (SSSR count). The largest absolute Gasteiger partial charge is 0.494 e. The summed E-state index contributed by atoms with van der Waals surface area (Å²) in [6, 6.07) is 21.7. The van der Waals surface area contributed by atoms with E-state index >= 15 is 0 Å². The molecule has 3 aromatic carbocycles. The van der Waals surface area contributed by atoms with Gasteiger partial charge in [0.15, 0.2) is 0 Å². The topological polar surface area (TPSA) is 89.8 Å². The number of hydrogen-bond donors (Lipinski definition) is 0. The van der Waals surface area contributed by atoms with E-state index in [-0.39, 0.29) is 16.2 Å². The number of nitro groups is 1. The van der Waals surface area contributed by atoms with E-state index in [2.05, 4.69) is 0 Å². The van der Waals surface area contributed by atoms with Crippen molar-refractivity contribution < 1.29 is 19.2 Å². The lowest BCUT2D eigenvalue weighted by atomic mass is 10.1. The molecule has 0 radical (unpaired) electrons. The third-order valence-corrected chi connectivity index (χ3v) is 5.85. The first kappa shape index (κ1) is 21.3. The number of amides is 2. The molecule has 32 heavy (non-hydrogen) atoms. The number of benzene rings is 3. The fourth-order valence-corrected chi connectivity index (χ4v) is 4.34. The fourth-order valence-electron chi connectivity index (χ4n) is 3.33. The zero-order valence-corrected chi connectivity index (χ0v) is 17.9. The molecule has 0 N–H and O–H groups in total. The van der Waals surface area contributed by atoms with Crippen LogP contribution in [0.4, 0.5) is 11.4 Å². The molecule has 1 aliphatic heterocycles. The number of carbonyl (C=O) groups excluding carboxylic acids is 2. The average Bonchev–Trinajstić information content (AvgIpc) is 3.04. The smallest absolute Gasteiger partial charge is 0.272 e. The van der Waals surface area contributed by atoms with Gasteiger partial charge in [0.1, 0.15) is 5.75 Å². The molecule has 1 heterocycles. The number of anilines is 1. The van der Waals surface area contributed by atoms with Gasteiger partial charge in [-0.25, -0.2) is 4.90 Å². The van der Waals surface area contributed by atoms with E-state index in [0.717, 1.165) is 9.80 Å². The van der Waals surface area contributed by atoms with Gasteiger partial charge in [-0.1, -0.05) is 36.0 Å². The number of non-ortho nitro benzene ring substituents is 1. The number of ether oxygens (including phenoxy) is 1. The maximum atomic E-state index is 13.5. The summed E-state index contributed by atoms with van der Waals surface area (Å²) < 4.78 is 5.51. The maximum absolute atomic E-state index is 13.5. The molecule has 0 atom stereocenters. The standard InChI is InChI=1S/C24H18N2O5S/c1-2-31-19-8-6-7-18(15-19)25-23(27)21(16-11-13-17(14-12-16)26(29)30)22(24(25)28)32-20-9-4-3-5-10-20/h3-15H,2H2,1H3. The lowest BCUT2D eigenvalue weighted by molar-refractivity contribution is -0.384. The molecule has 0 fully saturated rings. The van der Waals surface area contributed by atoms with E-state index in [0.29, 0.717) is 23.6 Å². The van der Waals surface area contributed by atoms with Gasteiger partial charge >= 0.3 is 0 Å². The summed E-state index contributed by atoms with van der Waals surface area (Å²) in [6.07, 6.45) is 0. The van der Waals surface area contributed by atoms with Crippen molar-refractivity contribution in [1.82, 2.24) is 0 Å². The molecule has 0 unspecified atom stereocenters. The van der Waals surface area contributed by atoms with Crippen molar-refractivity contribution in [2.45, 2.75) is 11.8 Å². The molecule has 3 aromatic rings. The van der Waals surface area contributed by atoms with Crippen molar-refractivity contribution in [1.29, 1.82) is 0 Å². The van der Waals surface area contributed by atoms with E-state index in [4.69, 9.17) is 4.74 Å². The number of thioether (sulfide) groups is 1. The first-order chi connectivity index (χ1) is 15.5. The Kier molecular flexibility index (Phi) is 6.04. The first-order valence-corrected chi connectivity index (χ1v) is 10.6. The van der Waals surface area contributed by atoms with Gasteiger partial charge in [0.2, 0.25) is 0 Å². The van der Waals surface area contributed by atoms with Gasteiger partial charge in [-0.2, -0.15) is 0 Å². The minimum Gasteiger partial charge on any atom is -0.494 e. The zero-order chi connectivity index (χ0) is 22.7. The maximum Gasteiger partial charge on any atom is 0.272 e. The van der Waals surface area contributed by atoms with Crippen LogP contribution in [-0.4, -0.2) is 23.3 Å². The minimum atomic E-state index is -0.509. The Morgan fingerprint density at radius 3 is 2.31 bits per heavy atom. The fraction of sp³-hybridized carbons (Fsp3) is 0.0833. The van der Waals surface area contributed by atoms with E-state index in [9.17, 15) is 19.7 Å². The van der Waals surface area contributed by atoms with Crippen LogP contribution in [0.25, 0.3) is 5.57 Å². The number of nitrogens with zero attached hydrogens (tertiary/aromatic N) is 2. The van der Waals surface area contributed by atoms with Crippen LogP contribution in [0.1, 0.15) is 12.5 Å². The molecule has 0 saturated carbocycles. The summed E-state index contributed by atoms with van der Waals surface area (Å²) in [5, 5.41) is 11.0. The monoisotopic (exact) mass is 446 g/mol. The van der Waals surface area contributed by atoms with Gasteiger partial charge in [-0.15, -0.1) is 0 Å². The Balaban J connectivity index is 1.79. The number of imide groups is 1. The Morgan fingerprint density at radius 1 is 0.938 bits per heavy atom. The molecular formula is C24H18N2O5S. The van der Waals surface area contributed by atoms with Gasteiger partial charge in [-0.05, 0) is 48.9 Å². The summed E-state index contributed by atoms with van der Waals surface area (Å²) in [6.45, 7) is 2.30. The second-order valence-corrected chi connectivity index (χ2v) is 7.88. The van der Waals surface area contributed by atoms with Crippen molar-refractivity contribution in [2.75, 3.05) is 11.5 Å². The normalized spacial score (nSPS) is 13.6. The number of hydrogen-bond acceptors (Lipinski definition) is 6. The van der Waals surface area contributed by atoms with Gasteiger partial charge in [0.25, 0.3) is 17.5 Å². The van der Waals surface area contributed by atoms with Gasteiger partial charge in [-0.3, -0.25) is 19.7 Å². The van der Waals surface area contributed by atoms with E-state index in [1.807, 2.05) is 37.3 Å². The van der Waals surface area contributed by atoms with E-state index < -0.39 is 16.7 Å². The van der Waals surface area contributed by atoms with Crippen LogP contribution >= 0.6 is 11.8 Å². The average molecular weight is 446 g/mol. The predicted octanol–water partition coefficient (Wildman–Crippen LogP) is 5.07. The zero-order valence-electron chi connectivity index (χ0n) is 17.1. The molecule has 7 nitrogen and oxygen atoms in total. The predicted molar refractivity (Wildman–Crippen MR) is 122 cm³/mol. The van der Waals surface area contributed by atoms with Crippen molar-refractivity contribution in [2.24, 2.45) is 0 Å². The quantitative estimate of drug-likeness (QED) is 0.286. The van der Waals surface area contributed by atoms with Crippen molar-refractivity contribution in [3.8, 4) is 5.75 Å². The third kappa shape index (κ3) is 4.13. The SMILES string of the molecule is CCOc1cccc(N2C(=O)C(Sc3ccccc3)=C(c3ccc([N+](=O)[O-])cc3)C2=O)c1. The van der Waals surface area contributed by atoms with Crippen LogP contribution in [0.15, 0.2) is 88.7 Å². The molecular weight excluding hydrogens is 428 g/mol. The number of carbonyl (C=O) groups is 2. The van der Waals surface area contributed by atoms with Crippen LogP contribution in [0, 0.1) is 10.1 Å². The molecule has 0 spiro atoms. The van der Waals surface area contributed by atoms with Crippen LogP contribution in [0.2, 0.25) is 0 Å². The summed E-state index contributed by atoms with van der Waals surface area (Å²) in [5.41, 5.74) is 0.954. The highest BCUT2D eigenvalue weighted by atomic mass is 32.2. The Bertz CT molecular complexity index is 1220. The third-order valence-electron chi connectivity index (χ3n) is 4.76. The lowest BCUT2D eigenvalue weighted by Crippen LogP contribution is -2.31. The van der Waals surface area contributed by atoms with Crippen LogP contribution in [0.3, 0.4) is 0 Å². The molecule has 0 bridgehead atoms. The molecule has 0 aliphatic carbocycles. The Labute approximate surface area is 188 Å². The summed E-state index contributed by atoms with van der Waals surface area (Å²) in [4.78, 5) is 39.6. The van der Waals surface area contributed by atoms with Crippen LogP contribution < -0.4 is 9.64 Å². The van der Waals surface area contributed by atoms with Crippen molar-refractivity contribution >= 4 is 40.5 Å². The van der Waals surface area contributed by atoms with Crippen LogP contribution in [-0.2, 0) is 9.59 Å². The van der Waals surface area contributed by atoms with Crippen molar-refractivity contribution in [3.63, 3.8) is 0 Å². The highest BCUT2D eigenvalue weighted by Crippen LogP contribution is 2.42. The second kappa shape index (κ2) is 9.07. The lowest BCUT2D eigenvalue weighted by Gasteiger charge is -2.16. The molecule has 160 valence electrons. The van der Waals surface area contributed by atoms with Crippen molar-refractivity contribution in [3.05, 3.63) is 99.4 Å². The van der Waals surface area contributed by atoms with Gasteiger partial charge in [0.05, 0.1) is 27.7 Å². The van der Waals surface area contributed by atoms with E-state index in [1.165, 1.54) is 36.0 Å². The summed E-state index contributed by atoms with van der Waals surface area (Å²) >= 11 is 1.19. The first-order valence-electron chi connectivity index (χ1n) is 9.83. The van der Waals surface area contributed by atoms with E-state index in [1.54, 1.807) is 24.3 Å². The Hall–Kier alpha value is -3.91. The molecule has 8 heteroatoms. The van der Waals surface area contributed by atoms with Gasteiger partial charge in [0, 0.05) is 23.1 Å². The molecule has 2 amide bonds. The molecule has 0 saturated heterocycles. The number of nitro benzene ring substituents is 1. The second-order valence-electron chi connectivity index (χ2n) is 6.80. The summed E-state index contributed by atoms with van der Waals surface area (Å²) in [5.74, 6) is -0.395.